The van der Waals surface area contributed by atoms with E-state index in [1.165, 1.54) is 0 Å². The van der Waals surface area contributed by atoms with Crippen LogP contribution < -0.4 is 0 Å². The van der Waals surface area contributed by atoms with E-state index in [-0.39, 0.29) is 18.0 Å². The number of aliphatic hydroxyl groups is 1. The van der Waals surface area contributed by atoms with Gasteiger partial charge < -0.3 is 9.84 Å². The van der Waals surface area contributed by atoms with E-state index in [1.54, 1.807) is 21.6 Å². The van der Waals surface area contributed by atoms with Crippen LogP contribution in [0, 0.1) is 5.92 Å². The van der Waals surface area contributed by atoms with Gasteiger partial charge in [-0.2, -0.15) is 0 Å². The molecule has 1 N–H and O–H groups in total. The molecule has 0 aromatic heterocycles. The molecule has 1 aliphatic heterocycles. The molecule has 2 unspecified atom stereocenters. The Hall–Kier alpha value is 0.130. The highest BCUT2D eigenvalue weighted by atomic mass is 33.1. The molecule has 88 valence electrons. The number of ether oxygens (including phenoxy) is 1. The van der Waals surface area contributed by atoms with Crippen LogP contribution in [-0.2, 0) is 9.53 Å². The maximum atomic E-state index is 11.7. The van der Waals surface area contributed by atoms with Crippen molar-refractivity contribution in [2.45, 2.75) is 38.9 Å². The standard InChI is InChI=1S/C10H18O3S2/c1-3-7(4-2)10(12)13-9-6-15-14-5-8(9)11/h7-9,11H,3-6H2,1-2H3. The Labute approximate surface area is 98.7 Å². The van der Waals surface area contributed by atoms with E-state index in [4.69, 9.17) is 4.74 Å². The zero-order valence-corrected chi connectivity index (χ0v) is 10.8. The van der Waals surface area contributed by atoms with Crippen LogP contribution in [-0.4, -0.2) is 34.8 Å². The third-order valence-corrected chi connectivity index (χ3v) is 5.00. The summed E-state index contributed by atoms with van der Waals surface area (Å²) in [5, 5.41) is 9.63. The summed E-state index contributed by atoms with van der Waals surface area (Å²) >= 11 is 0. The number of rotatable bonds is 4. The second-order valence-corrected chi connectivity index (χ2v) is 6.18. The molecule has 0 amide bonds. The molecule has 1 saturated heterocycles. The smallest absolute Gasteiger partial charge is 0.309 e. The first kappa shape index (κ1) is 13.2. The van der Waals surface area contributed by atoms with Crippen molar-refractivity contribution in [3.8, 4) is 0 Å². The van der Waals surface area contributed by atoms with Gasteiger partial charge in [0.25, 0.3) is 0 Å². The van der Waals surface area contributed by atoms with Crippen molar-refractivity contribution in [1.82, 2.24) is 0 Å². The Balaban J connectivity index is 2.41. The predicted octanol–water partition coefficient (Wildman–Crippen LogP) is 2.09. The lowest BCUT2D eigenvalue weighted by atomic mass is 10.0. The van der Waals surface area contributed by atoms with Crippen LogP contribution in [0.1, 0.15) is 26.7 Å². The summed E-state index contributed by atoms with van der Waals surface area (Å²) in [5.41, 5.74) is 0. The number of esters is 1. The van der Waals surface area contributed by atoms with Crippen LogP contribution >= 0.6 is 21.6 Å². The van der Waals surface area contributed by atoms with Gasteiger partial charge in [0, 0.05) is 11.5 Å². The van der Waals surface area contributed by atoms with Gasteiger partial charge in [-0.05, 0) is 12.8 Å². The molecule has 0 aliphatic carbocycles. The second kappa shape index (κ2) is 6.66. The van der Waals surface area contributed by atoms with E-state index < -0.39 is 6.10 Å². The summed E-state index contributed by atoms with van der Waals surface area (Å²) in [5.74, 6) is 1.16. The van der Waals surface area contributed by atoms with Crippen LogP contribution in [0.5, 0.6) is 0 Å². The van der Waals surface area contributed by atoms with Gasteiger partial charge in [0.1, 0.15) is 12.2 Å². The summed E-state index contributed by atoms with van der Waals surface area (Å²) < 4.78 is 5.32. The van der Waals surface area contributed by atoms with E-state index in [2.05, 4.69) is 0 Å². The van der Waals surface area contributed by atoms with Crippen LogP contribution in [0.25, 0.3) is 0 Å². The van der Waals surface area contributed by atoms with Crippen LogP contribution in [0.15, 0.2) is 0 Å². The maximum absolute atomic E-state index is 11.7. The van der Waals surface area contributed by atoms with Crippen molar-refractivity contribution in [3.05, 3.63) is 0 Å². The molecule has 0 radical (unpaired) electrons. The third-order valence-electron chi connectivity index (χ3n) is 2.57. The summed E-state index contributed by atoms with van der Waals surface area (Å²) in [6, 6.07) is 0. The van der Waals surface area contributed by atoms with Gasteiger partial charge >= 0.3 is 5.97 Å². The Kier molecular flexibility index (Phi) is 5.86. The van der Waals surface area contributed by atoms with Crippen molar-refractivity contribution in [2.24, 2.45) is 5.92 Å². The Morgan fingerprint density at radius 3 is 2.53 bits per heavy atom. The monoisotopic (exact) mass is 250 g/mol. The van der Waals surface area contributed by atoms with Crippen molar-refractivity contribution < 1.29 is 14.6 Å². The zero-order chi connectivity index (χ0) is 11.3. The summed E-state index contributed by atoms with van der Waals surface area (Å²) in [7, 11) is 3.28. The topological polar surface area (TPSA) is 46.5 Å². The summed E-state index contributed by atoms with van der Waals surface area (Å²) in [4.78, 5) is 11.7. The lowest BCUT2D eigenvalue weighted by Gasteiger charge is -2.27. The fourth-order valence-corrected chi connectivity index (χ4v) is 3.80. The number of hydrogen-bond donors (Lipinski definition) is 1. The quantitative estimate of drug-likeness (QED) is 0.611. The van der Waals surface area contributed by atoms with Crippen molar-refractivity contribution in [3.63, 3.8) is 0 Å². The molecule has 3 nitrogen and oxygen atoms in total. The van der Waals surface area contributed by atoms with Gasteiger partial charge in [0.2, 0.25) is 0 Å². The first-order valence-corrected chi connectivity index (χ1v) is 7.80. The molecule has 0 aromatic rings. The Morgan fingerprint density at radius 1 is 1.40 bits per heavy atom. The van der Waals surface area contributed by atoms with Gasteiger partial charge in [-0.1, -0.05) is 35.4 Å². The fraction of sp³-hybridized carbons (Fsp3) is 0.900. The third kappa shape index (κ3) is 3.89. The first-order chi connectivity index (χ1) is 7.19. The average Bonchev–Trinajstić information content (AvgIpc) is 2.23. The lowest BCUT2D eigenvalue weighted by molar-refractivity contribution is -0.157. The van der Waals surface area contributed by atoms with E-state index >= 15 is 0 Å². The summed E-state index contributed by atoms with van der Waals surface area (Å²) in [6.07, 6.45) is 0.791. The normalized spacial score (nSPS) is 26.7. The molecule has 1 fully saturated rings. The molecule has 1 aliphatic rings. The molecule has 5 heteroatoms. The molecule has 1 heterocycles. The van der Waals surface area contributed by atoms with Crippen molar-refractivity contribution in [2.75, 3.05) is 11.5 Å². The molecular formula is C10H18O3S2. The minimum atomic E-state index is -0.505. The Bertz CT molecular complexity index is 207. The van der Waals surface area contributed by atoms with Crippen LogP contribution in [0.3, 0.4) is 0 Å². The predicted molar refractivity (Wildman–Crippen MR) is 64.9 cm³/mol. The van der Waals surface area contributed by atoms with E-state index in [0.29, 0.717) is 11.5 Å². The maximum Gasteiger partial charge on any atom is 0.309 e. The first-order valence-electron chi connectivity index (χ1n) is 5.32. The zero-order valence-electron chi connectivity index (χ0n) is 9.14. The minimum Gasteiger partial charge on any atom is -0.458 e. The number of carbonyl (C=O) groups is 1. The van der Waals surface area contributed by atoms with Gasteiger partial charge in [0.15, 0.2) is 0 Å². The largest absolute Gasteiger partial charge is 0.458 e. The Morgan fingerprint density at radius 2 is 2.00 bits per heavy atom. The molecule has 2 atom stereocenters. The number of aliphatic hydroxyl groups excluding tert-OH is 1. The van der Waals surface area contributed by atoms with Crippen LogP contribution in [0.2, 0.25) is 0 Å². The fourth-order valence-electron chi connectivity index (χ4n) is 1.43. The van der Waals surface area contributed by atoms with E-state index in [1.807, 2.05) is 13.8 Å². The average molecular weight is 250 g/mol. The SMILES string of the molecule is CCC(CC)C(=O)OC1CSSCC1O. The molecule has 0 spiro atoms. The molecular weight excluding hydrogens is 232 g/mol. The highest BCUT2D eigenvalue weighted by molar-refractivity contribution is 8.76. The van der Waals surface area contributed by atoms with Crippen molar-refractivity contribution in [1.29, 1.82) is 0 Å². The molecule has 15 heavy (non-hydrogen) atoms. The molecule has 0 saturated carbocycles. The van der Waals surface area contributed by atoms with Gasteiger partial charge in [0.05, 0.1) is 5.92 Å². The summed E-state index contributed by atoms with van der Waals surface area (Å²) in [6.45, 7) is 3.97. The number of hydrogen-bond acceptors (Lipinski definition) is 5. The van der Waals surface area contributed by atoms with Gasteiger partial charge in [-0.25, -0.2) is 0 Å². The van der Waals surface area contributed by atoms with E-state index in [0.717, 1.165) is 12.8 Å². The highest BCUT2D eigenvalue weighted by Gasteiger charge is 2.29. The minimum absolute atomic E-state index is 0.0169. The number of carbonyl (C=O) groups excluding carboxylic acids is 1. The van der Waals surface area contributed by atoms with Gasteiger partial charge in [-0.15, -0.1) is 0 Å². The van der Waals surface area contributed by atoms with Gasteiger partial charge in [-0.3, -0.25) is 4.79 Å². The second-order valence-electron chi connectivity index (χ2n) is 3.63. The van der Waals surface area contributed by atoms with Crippen molar-refractivity contribution >= 4 is 27.6 Å². The molecule has 1 rings (SSSR count). The highest BCUT2D eigenvalue weighted by Crippen LogP contribution is 2.31. The van der Waals surface area contributed by atoms with Crippen LogP contribution in [0.4, 0.5) is 0 Å². The molecule has 0 bridgehead atoms. The lowest BCUT2D eigenvalue weighted by Crippen LogP contribution is -2.38. The molecule has 0 aromatic carbocycles. The van der Waals surface area contributed by atoms with E-state index in [9.17, 15) is 9.90 Å².